The highest BCUT2D eigenvalue weighted by Gasteiger charge is 2.14. The van der Waals surface area contributed by atoms with Crippen molar-refractivity contribution in [2.45, 2.75) is 26.8 Å². The van der Waals surface area contributed by atoms with Gasteiger partial charge in [0.25, 0.3) is 0 Å². The number of hydrogen-bond donors (Lipinski definition) is 1. The van der Waals surface area contributed by atoms with Crippen LogP contribution in [-0.4, -0.2) is 15.6 Å². The van der Waals surface area contributed by atoms with E-state index in [2.05, 4.69) is 25.9 Å². The van der Waals surface area contributed by atoms with Crippen LogP contribution >= 0.6 is 11.6 Å². The van der Waals surface area contributed by atoms with Crippen molar-refractivity contribution in [3.05, 3.63) is 70.5 Å². The minimum atomic E-state index is -0.345. The molecule has 0 atom stereocenters. The lowest BCUT2D eigenvalue weighted by Crippen LogP contribution is -2.12. The number of pyridine rings is 1. The van der Waals surface area contributed by atoms with Crippen LogP contribution in [0.3, 0.4) is 0 Å². The highest BCUT2D eigenvalue weighted by atomic mass is 35.5. The first-order chi connectivity index (χ1) is 13.0. The molecule has 5 nitrogen and oxygen atoms in total. The lowest BCUT2D eigenvalue weighted by molar-refractivity contribution is 0.627. The van der Waals surface area contributed by atoms with Crippen molar-refractivity contribution in [1.29, 1.82) is 0 Å². The summed E-state index contributed by atoms with van der Waals surface area (Å²) in [6.07, 6.45) is 8.71. The van der Waals surface area contributed by atoms with Gasteiger partial charge < -0.3 is 9.72 Å². The molecule has 4 rings (SSSR count). The number of nitrogens with one attached hydrogen (secondary N) is 1. The molecule has 0 spiro atoms. The van der Waals surface area contributed by atoms with E-state index >= 15 is 0 Å². The summed E-state index contributed by atoms with van der Waals surface area (Å²) in [5.74, 6) is -0.345. The Labute approximate surface area is 161 Å². The number of imidazole rings is 1. The van der Waals surface area contributed by atoms with Crippen LogP contribution in [0.4, 0.5) is 15.8 Å². The van der Waals surface area contributed by atoms with Gasteiger partial charge in [0.2, 0.25) is 0 Å². The molecule has 2 aromatic heterocycles. The van der Waals surface area contributed by atoms with Gasteiger partial charge in [0.15, 0.2) is 5.65 Å². The van der Waals surface area contributed by atoms with Gasteiger partial charge in [-0.25, -0.2) is 14.4 Å². The summed E-state index contributed by atoms with van der Waals surface area (Å²) in [6.45, 7) is 4.49. The van der Waals surface area contributed by atoms with Gasteiger partial charge in [0, 0.05) is 42.3 Å². The fraction of sp³-hybridized carbons (Fsp3) is 0.200. The number of halogens is 2. The van der Waals surface area contributed by atoms with Gasteiger partial charge in [-0.3, -0.25) is 0 Å². The van der Waals surface area contributed by atoms with Gasteiger partial charge >= 0.3 is 0 Å². The number of aromatic nitrogens is 2. The maximum atomic E-state index is 13.3. The number of nitrogens with zero attached hydrogens (tertiary/aromatic N) is 4. The minimum Gasteiger partial charge on any atom is -0.378 e. The van der Waals surface area contributed by atoms with E-state index in [9.17, 15) is 4.39 Å². The summed E-state index contributed by atoms with van der Waals surface area (Å²) < 4.78 is 15.3. The quantitative estimate of drug-likeness (QED) is 0.684. The summed E-state index contributed by atoms with van der Waals surface area (Å²) in [6, 6.07) is 6.42. The van der Waals surface area contributed by atoms with E-state index in [0.29, 0.717) is 11.6 Å². The number of aryl methyl sites for hydroxylation is 2. The Morgan fingerprint density at radius 1 is 1.26 bits per heavy atom. The summed E-state index contributed by atoms with van der Waals surface area (Å²) in [7, 11) is 0. The van der Waals surface area contributed by atoms with Crippen LogP contribution in [0.2, 0.25) is 5.02 Å². The van der Waals surface area contributed by atoms with Crippen LogP contribution in [0.1, 0.15) is 23.4 Å². The Hall–Kier alpha value is -2.86. The first-order valence-electron chi connectivity index (χ1n) is 8.68. The Bertz CT molecular complexity index is 1060. The molecule has 1 aromatic carbocycles. The van der Waals surface area contributed by atoms with Gasteiger partial charge in [0.1, 0.15) is 5.82 Å². The normalized spacial score (nSPS) is 13.6. The predicted octanol–water partition coefficient (Wildman–Crippen LogP) is 5.07. The second-order valence-corrected chi connectivity index (χ2v) is 6.85. The topological polar surface area (TPSA) is 44.9 Å². The van der Waals surface area contributed by atoms with Crippen LogP contribution in [0.15, 0.2) is 47.8 Å². The second-order valence-electron chi connectivity index (χ2n) is 6.44. The van der Waals surface area contributed by atoms with Crippen molar-refractivity contribution in [3.8, 4) is 0 Å². The molecule has 0 aliphatic carbocycles. The summed E-state index contributed by atoms with van der Waals surface area (Å²) >= 11 is 6.16. The maximum Gasteiger partial charge on any atom is 0.160 e. The maximum absolute atomic E-state index is 13.3. The standard InChI is InChI=1S/C20H19ClFN5/c1-13-14(2)26-12-17(27-8-4-3-7-24-27)10-19(20(26)25-13)23-11-15-5-6-16(22)9-18(15)21/h4-10,12,23H,3,11H2,1-2H3. The zero-order valence-electron chi connectivity index (χ0n) is 15.1. The Kier molecular flexibility index (Phi) is 4.58. The van der Waals surface area contributed by atoms with Crippen LogP contribution in [0.5, 0.6) is 0 Å². The molecule has 0 bridgehead atoms. The largest absolute Gasteiger partial charge is 0.378 e. The molecule has 0 unspecified atom stereocenters. The van der Waals surface area contributed by atoms with Crippen molar-refractivity contribution in [3.63, 3.8) is 0 Å². The van der Waals surface area contributed by atoms with Crippen molar-refractivity contribution >= 4 is 34.8 Å². The zero-order chi connectivity index (χ0) is 19.0. The van der Waals surface area contributed by atoms with Crippen molar-refractivity contribution in [2.75, 3.05) is 10.3 Å². The predicted molar refractivity (Wildman–Crippen MR) is 108 cm³/mol. The van der Waals surface area contributed by atoms with Crippen LogP contribution in [0.25, 0.3) is 5.65 Å². The highest BCUT2D eigenvalue weighted by molar-refractivity contribution is 6.31. The molecule has 27 heavy (non-hydrogen) atoms. The molecule has 3 aromatic rings. The molecule has 0 radical (unpaired) electrons. The molecular weight excluding hydrogens is 365 g/mol. The molecule has 0 amide bonds. The van der Waals surface area contributed by atoms with Gasteiger partial charge in [-0.05, 0) is 37.6 Å². The second kappa shape index (κ2) is 7.04. The van der Waals surface area contributed by atoms with Crippen molar-refractivity contribution in [1.82, 2.24) is 9.38 Å². The first kappa shape index (κ1) is 17.5. The van der Waals surface area contributed by atoms with Gasteiger partial charge in [0.05, 0.1) is 17.1 Å². The SMILES string of the molecule is Cc1nc2c(NCc3ccc(F)cc3Cl)cc(N3C=CCC=N3)cn2c1C. The average molecular weight is 384 g/mol. The number of hydrogen-bond acceptors (Lipinski definition) is 4. The van der Waals surface area contributed by atoms with Crippen LogP contribution in [0, 0.1) is 19.7 Å². The van der Waals surface area contributed by atoms with Crippen LogP contribution < -0.4 is 10.3 Å². The molecular formula is C20H19ClFN5. The molecule has 1 aliphatic heterocycles. The fourth-order valence-electron chi connectivity index (χ4n) is 3.02. The molecule has 138 valence electrons. The van der Waals surface area contributed by atoms with Gasteiger partial charge in [-0.15, -0.1) is 0 Å². The smallest absolute Gasteiger partial charge is 0.160 e. The Morgan fingerprint density at radius 3 is 2.85 bits per heavy atom. The molecule has 1 aliphatic rings. The number of benzene rings is 1. The third kappa shape index (κ3) is 3.40. The molecule has 0 saturated carbocycles. The molecule has 0 fully saturated rings. The lowest BCUT2D eigenvalue weighted by atomic mass is 10.2. The fourth-order valence-corrected chi connectivity index (χ4v) is 3.25. The van der Waals surface area contributed by atoms with E-state index in [4.69, 9.17) is 11.6 Å². The lowest BCUT2D eigenvalue weighted by Gasteiger charge is -2.19. The minimum absolute atomic E-state index is 0.345. The number of allylic oxidation sites excluding steroid dienone is 1. The van der Waals surface area contributed by atoms with E-state index in [1.807, 2.05) is 43.5 Å². The summed E-state index contributed by atoms with van der Waals surface area (Å²) in [5.41, 5.74) is 5.46. The van der Waals surface area contributed by atoms with Gasteiger partial charge in [-0.2, -0.15) is 5.10 Å². The van der Waals surface area contributed by atoms with E-state index in [1.54, 1.807) is 6.07 Å². The number of rotatable bonds is 4. The summed E-state index contributed by atoms with van der Waals surface area (Å²) in [5, 5.41) is 10.0. The Balaban J connectivity index is 1.73. The molecule has 7 heteroatoms. The van der Waals surface area contributed by atoms with Crippen LogP contribution in [-0.2, 0) is 6.54 Å². The summed E-state index contributed by atoms with van der Waals surface area (Å²) in [4.78, 5) is 4.68. The molecule has 1 N–H and O–H groups in total. The molecule has 0 saturated heterocycles. The van der Waals surface area contributed by atoms with Gasteiger partial charge in [-0.1, -0.05) is 23.7 Å². The number of fused-ring (bicyclic) bond motifs is 1. The van der Waals surface area contributed by atoms with E-state index in [0.717, 1.165) is 40.4 Å². The number of anilines is 2. The van der Waals surface area contributed by atoms with E-state index in [-0.39, 0.29) is 5.82 Å². The first-order valence-corrected chi connectivity index (χ1v) is 9.06. The number of hydrazone groups is 1. The van der Waals surface area contributed by atoms with Crippen molar-refractivity contribution in [2.24, 2.45) is 5.10 Å². The monoisotopic (exact) mass is 383 g/mol. The zero-order valence-corrected chi connectivity index (χ0v) is 15.8. The third-order valence-corrected chi connectivity index (χ3v) is 4.98. The molecule has 3 heterocycles. The average Bonchev–Trinajstić information content (AvgIpc) is 2.96. The highest BCUT2D eigenvalue weighted by Crippen LogP contribution is 2.28. The van der Waals surface area contributed by atoms with E-state index < -0.39 is 0 Å². The third-order valence-electron chi connectivity index (χ3n) is 4.62. The van der Waals surface area contributed by atoms with E-state index in [1.165, 1.54) is 12.1 Å². The van der Waals surface area contributed by atoms with Crippen molar-refractivity contribution < 1.29 is 4.39 Å². The Morgan fingerprint density at radius 2 is 2.11 bits per heavy atom.